The second-order valence-electron chi connectivity index (χ2n) is 8.67. The normalized spacial score (nSPS) is 18.7. The maximum atomic E-state index is 13.1. The molecule has 168 valence electrons. The van der Waals surface area contributed by atoms with E-state index >= 15 is 0 Å². The van der Waals surface area contributed by atoms with Crippen molar-refractivity contribution in [2.45, 2.75) is 50.6 Å². The minimum absolute atomic E-state index is 0.0759. The summed E-state index contributed by atoms with van der Waals surface area (Å²) in [7, 11) is 0. The molecule has 0 saturated carbocycles. The van der Waals surface area contributed by atoms with E-state index in [0.29, 0.717) is 25.8 Å². The predicted octanol–water partition coefficient (Wildman–Crippen LogP) is 3.77. The number of amides is 2. The van der Waals surface area contributed by atoms with E-state index < -0.39 is 23.6 Å². The van der Waals surface area contributed by atoms with Gasteiger partial charge in [0.25, 0.3) is 0 Å². The summed E-state index contributed by atoms with van der Waals surface area (Å²) < 4.78 is 5.60. The Labute approximate surface area is 187 Å². The molecule has 2 atom stereocenters. The number of hydrogen-bond donors (Lipinski definition) is 2. The minimum Gasteiger partial charge on any atom is -0.480 e. The van der Waals surface area contributed by atoms with Crippen molar-refractivity contribution in [3.05, 3.63) is 59.7 Å². The number of carbonyl (C=O) groups is 3. The Kier molecular flexibility index (Phi) is 5.91. The molecule has 2 unspecified atom stereocenters. The molecule has 0 spiro atoms. The first kappa shape index (κ1) is 21.9. The first-order valence-electron chi connectivity index (χ1n) is 11.0. The molecule has 2 N–H and O–H groups in total. The fourth-order valence-corrected chi connectivity index (χ4v) is 4.79. The molecule has 2 amide bonds. The van der Waals surface area contributed by atoms with Gasteiger partial charge in [0, 0.05) is 12.5 Å². The number of hydrogen-bond acceptors (Lipinski definition) is 4. The highest BCUT2D eigenvalue weighted by molar-refractivity contribution is 5.93. The molecular formula is C25H28N2O5. The maximum Gasteiger partial charge on any atom is 0.408 e. The molecule has 1 heterocycles. The van der Waals surface area contributed by atoms with Crippen LogP contribution in [-0.4, -0.2) is 52.7 Å². The van der Waals surface area contributed by atoms with Crippen molar-refractivity contribution in [2.75, 3.05) is 13.2 Å². The number of alkyl carbamates (subject to hydrolysis) is 1. The molecule has 2 aromatic carbocycles. The van der Waals surface area contributed by atoms with Crippen LogP contribution in [0.4, 0.5) is 4.79 Å². The number of nitrogens with one attached hydrogen (secondary N) is 1. The van der Waals surface area contributed by atoms with Gasteiger partial charge in [0.05, 0.1) is 0 Å². The highest BCUT2D eigenvalue weighted by Gasteiger charge is 2.46. The third kappa shape index (κ3) is 3.83. The lowest BCUT2D eigenvalue weighted by atomic mass is 9.90. The topological polar surface area (TPSA) is 95.9 Å². The van der Waals surface area contributed by atoms with Crippen LogP contribution in [0.3, 0.4) is 0 Å². The van der Waals surface area contributed by atoms with Crippen LogP contribution in [0, 0.1) is 0 Å². The number of fused-ring (bicyclic) bond motifs is 3. The average molecular weight is 437 g/mol. The molecule has 1 fully saturated rings. The summed E-state index contributed by atoms with van der Waals surface area (Å²) in [5, 5.41) is 12.0. The number of aliphatic carboxylic acids is 1. The Balaban J connectivity index is 1.46. The second kappa shape index (κ2) is 8.65. The van der Waals surface area contributed by atoms with Gasteiger partial charge in [-0.3, -0.25) is 4.79 Å². The van der Waals surface area contributed by atoms with Crippen molar-refractivity contribution < 1.29 is 24.2 Å². The zero-order valence-corrected chi connectivity index (χ0v) is 18.3. The van der Waals surface area contributed by atoms with Gasteiger partial charge in [-0.25, -0.2) is 9.59 Å². The molecule has 2 aromatic rings. The van der Waals surface area contributed by atoms with Crippen LogP contribution in [0.2, 0.25) is 0 Å². The first-order valence-corrected chi connectivity index (χ1v) is 11.0. The van der Waals surface area contributed by atoms with Crippen LogP contribution in [0.15, 0.2) is 48.5 Å². The van der Waals surface area contributed by atoms with Crippen LogP contribution in [0.1, 0.15) is 50.2 Å². The van der Waals surface area contributed by atoms with E-state index in [1.54, 1.807) is 6.92 Å². The van der Waals surface area contributed by atoms with Crippen LogP contribution < -0.4 is 5.32 Å². The number of carboxylic acids is 1. The highest BCUT2D eigenvalue weighted by Crippen LogP contribution is 2.44. The molecule has 0 bridgehead atoms. The number of carboxylic acid groups (broad SMARTS) is 1. The van der Waals surface area contributed by atoms with Crippen molar-refractivity contribution in [3.63, 3.8) is 0 Å². The smallest absolute Gasteiger partial charge is 0.408 e. The highest BCUT2D eigenvalue weighted by atomic mass is 16.5. The summed E-state index contributed by atoms with van der Waals surface area (Å²) in [6.45, 7) is 4.08. The Hall–Kier alpha value is -3.35. The SMILES string of the molecule is CCCC(C)(NC(=O)OCC1c2ccccc2-c2ccccc21)C(=O)N1CCC1C(=O)O. The molecule has 2 aliphatic rings. The lowest BCUT2D eigenvalue weighted by Gasteiger charge is -2.43. The van der Waals surface area contributed by atoms with Crippen LogP contribution in [0.5, 0.6) is 0 Å². The maximum absolute atomic E-state index is 13.1. The molecule has 7 nitrogen and oxygen atoms in total. The van der Waals surface area contributed by atoms with E-state index in [0.717, 1.165) is 22.3 Å². The van der Waals surface area contributed by atoms with Gasteiger partial charge >= 0.3 is 12.1 Å². The number of nitrogens with zero attached hydrogens (tertiary/aromatic N) is 1. The summed E-state index contributed by atoms with van der Waals surface area (Å²) in [5.41, 5.74) is 3.28. The van der Waals surface area contributed by atoms with Crippen molar-refractivity contribution in [3.8, 4) is 11.1 Å². The van der Waals surface area contributed by atoms with Gasteiger partial charge in [0.1, 0.15) is 18.2 Å². The van der Waals surface area contributed by atoms with E-state index in [2.05, 4.69) is 17.4 Å². The van der Waals surface area contributed by atoms with Gasteiger partial charge in [-0.1, -0.05) is 61.9 Å². The molecular weight excluding hydrogens is 408 g/mol. The number of likely N-dealkylation sites (tertiary alicyclic amines) is 1. The van der Waals surface area contributed by atoms with E-state index in [-0.39, 0.29) is 18.4 Å². The van der Waals surface area contributed by atoms with Crippen LogP contribution in [-0.2, 0) is 14.3 Å². The quantitative estimate of drug-likeness (QED) is 0.689. The van der Waals surface area contributed by atoms with Crippen molar-refractivity contribution in [1.82, 2.24) is 10.2 Å². The summed E-state index contributed by atoms with van der Waals surface area (Å²) >= 11 is 0. The summed E-state index contributed by atoms with van der Waals surface area (Å²) in [6, 6.07) is 15.3. The van der Waals surface area contributed by atoms with E-state index in [1.165, 1.54) is 4.90 Å². The molecule has 4 rings (SSSR count). The summed E-state index contributed by atoms with van der Waals surface area (Å²) in [5.74, 6) is -1.48. The third-order valence-electron chi connectivity index (χ3n) is 6.51. The van der Waals surface area contributed by atoms with Crippen molar-refractivity contribution >= 4 is 18.0 Å². The second-order valence-corrected chi connectivity index (χ2v) is 8.67. The van der Waals surface area contributed by atoms with Crippen molar-refractivity contribution in [2.24, 2.45) is 0 Å². The predicted molar refractivity (Wildman–Crippen MR) is 119 cm³/mol. The standard InChI is InChI=1S/C25H28N2O5/c1-3-13-25(2,23(30)27-14-12-21(27)22(28)29)26-24(31)32-15-20-18-10-6-4-8-16(18)17-9-5-7-11-19(17)20/h4-11,20-21H,3,12-15H2,1-2H3,(H,26,31)(H,28,29). The largest absolute Gasteiger partial charge is 0.480 e. The number of benzene rings is 2. The van der Waals surface area contributed by atoms with Gasteiger partial charge < -0.3 is 20.1 Å². The summed E-state index contributed by atoms with van der Waals surface area (Å²) in [4.78, 5) is 38.5. The zero-order chi connectivity index (χ0) is 22.9. The van der Waals surface area contributed by atoms with Crippen molar-refractivity contribution in [1.29, 1.82) is 0 Å². The lowest BCUT2D eigenvalue weighted by molar-refractivity contribution is -0.160. The first-order chi connectivity index (χ1) is 15.4. The molecule has 32 heavy (non-hydrogen) atoms. The molecule has 0 radical (unpaired) electrons. The molecule has 1 aliphatic heterocycles. The lowest BCUT2D eigenvalue weighted by Crippen LogP contribution is -2.65. The molecule has 7 heteroatoms. The minimum atomic E-state index is -1.22. The monoisotopic (exact) mass is 436 g/mol. The number of rotatable bonds is 7. The molecule has 1 aliphatic carbocycles. The average Bonchev–Trinajstić information content (AvgIpc) is 3.05. The molecule has 0 aromatic heterocycles. The van der Waals surface area contributed by atoms with E-state index in [1.807, 2.05) is 43.3 Å². The Morgan fingerprint density at radius 1 is 1.09 bits per heavy atom. The van der Waals surface area contributed by atoms with Gasteiger partial charge in [0.2, 0.25) is 5.91 Å². The van der Waals surface area contributed by atoms with Gasteiger partial charge in [-0.15, -0.1) is 0 Å². The summed E-state index contributed by atoms with van der Waals surface area (Å²) in [6.07, 6.45) is 0.786. The van der Waals surface area contributed by atoms with E-state index in [4.69, 9.17) is 4.74 Å². The molecule has 1 saturated heterocycles. The van der Waals surface area contributed by atoms with Gasteiger partial charge in [-0.2, -0.15) is 0 Å². The number of ether oxygens (including phenoxy) is 1. The van der Waals surface area contributed by atoms with Crippen LogP contribution >= 0.6 is 0 Å². The third-order valence-corrected chi connectivity index (χ3v) is 6.51. The van der Waals surface area contributed by atoms with Gasteiger partial charge in [-0.05, 0) is 42.0 Å². The zero-order valence-electron chi connectivity index (χ0n) is 18.3. The Morgan fingerprint density at radius 2 is 1.69 bits per heavy atom. The fraction of sp³-hybridized carbons (Fsp3) is 0.400. The Bertz CT molecular complexity index is 1010. The fourth-order valence-electron chi connectivity index (χ4n) is 4.79. The van der Waals surface area contributed by atoms with Gasteiger partial charge in [0.15, 0.2) is 0 Å². The van der Waals surface area contributed by atoms with Crippen LogP contribution in [0.25, 0.3) is 11.1 Å². The Morgan fingerprint density at radius 3 is 2.19 bits per heavy atom. The number of carbonyl (C=O) groups excluding carboxylic acids is 2. The van der Waals surface area contributed by atoms with E-state index in [9.17, 15) is 19.5 Å².